The van der Waals surface area contributed by atoms with Crippen LogP contribution in [0.4, 0.5) is 0 Å². The first-order chi connectivity index (χ1) is 17.1. The Morgan fingerprint density at radius 3 is 1.71 bits per heavy atom. The van der Waals surface area contributed by atoms with E-state index >= 15 is 0 Å². The summed E-state index contributed by atoms with van der Waals surface area (Å²) in [5.41, 5.74) is 2.15. The molecule has 1 atom stereocenters. The van der Waals surface area contributed by atoms with Crippen LogP contribution in [0.1, 0.15) is 31.8 Å². The Bertz CT molecular complexity index is 1420. The normalized spacial score (nSPS) is 18.4. The van der Waals surface area contributed by atoms with Crippen LogP contribution in [-0.2, 0) is 10.5 Å². The summed E-state index contributed by atoms with van der Waals surface area (Å²) in [6.45, 7) is 0. The van der Waals surface area contributed by atoms with E-state index in [1.807, 2.05) is 36.4 Å². The van der Waals surface area contributed by atoms with Crippen LogP contribution in [0.5, 0.6) is 0 Å². The molecule has 35 heavy (non-hydrogen) atoms. The van der Waals surface area contributed by atoms with Gasteiger partial charge in [0.05, 0.1) is 5.57 Å². The first kappa shape index (κ1) is 22.3. The van der Waals surface area contributed by atoms with Gasteiger partial charge in [-0.25, -0.2) is 0 Å². The second kappa shape index (κ2) is 9.37. The van der Waals surface area contributed by atoms with Crippen LogP contribution in [-0.4, -0.2) is 16.7 Å². The molecular formula is C31H22O4. The number of ether oxygens (including phenoxy) is 1. The number of carbonyl (C=O) groups is 2. The maximum absolute atomic E-state index is 13.9. The quantitative estimate of drug-likeness (QED) is 0.286. The summed E-state index contributed by atoms with van der Waals surface area (Å²) in [5.74, 6) is -2.50. The third-order valence-corrected chi connectivity index (χ3v) is 5.91. The summed E-state index contributed by atoms with van der Waals surface area (Å²) in [6, 6.07) is 35.4. The fourth-order valence-electron chi connectivity index (χ4n) is 4.16. The van der Waals surface area contributed by atoms with Gasteiger partial charge in [0.1, 0.15) is 5.76 Å². The molecule has 0 unspecified atom stereocenters. The van der Waals surface area contributed by atoms with Crippen molar-refractivity contribution in [1.29, 1.82) is 0 Å². The van der Waals surface area contributed by atoms with Gasteiger partial charge in [-0.15, -0.1) is 0 Å². The van der Waals surface area contributed by atoms with Crippen molar-refractivity contribution >= 4 is 17.3 Å². The average Bonchev–Trinajstić information content (AvgIpc) is 3.23. The zero-order valence-corrected chi connectivity index (χ0v) is 18.8. The number of allylic oxidation sites excluding steroid dienone is 1. The molecule has 0 amide bonds. The first-order valence-electron chi connectivity index (χ1n) is 11.3. The molecule has 0 aromatic heterocycles. The number of Topliss-reactive ketones (excluding diaryl/α,β-unsaturated/α-hetero) is 1. The number of rotatable bonds is 6. The van der Waals surface area contributed by atoms with E-state index in [1.165, 1.54) is 6.08 Å². The van der Waals surface area contributed by atoms with Crippen LogP contribution in [0.15, 0.2) is 139 Å². The molecule has 1 aliphatic heterocycles. The van der Waals surface area contributed by atoms with Crippen molar-refractivity contribution in [1.82, 2.24) is 0 Å². The molecule has 0 spiro atoms. The van der Waals surface area contributed by atoms with E-state index in [0.717, 1.165) is 0 Å². The second-order valence-corrected chi connectivity index (χ2v) is 8.17. The number of benzene rings is 4. The van der Waals surface area contributed by atoms with E-state index in [1.54, 1.807) is 84.9 Å². The fraction of sp³-hybridized carbons (Fsp3) is 0.0323. The molecule has 0 saturated heterocycles. The smallest absolute Gasteiger partial charge is 0.262 e. The molecule has 1 aliphatic rings. The van der Waals surface area contributed by atoms with Crippen molar-refractivity contribution in [3.8, 4) is 0 Å². The molecule has 1 N–H and O–H groups in total. The molecule has 4 aromatic rings. The molecule has 0 saturated carbocycles. The van der Waals surface area contributed by atoms with Gasteiger partial charge in [-0.05, 0) is 6.08 Å². The summed E-state index contributed by atoms with van der Waals surface area (Å²) >= 11 is 0. The standard InChI is InChI=1S/C31H22O4/c32-27(22-13-5-1-6-14-22)21-26-28(29(33)23-15-7-2-8-16-23)30(24-17-9-3-10-18-24)35-31(26,34)25-19-11-4-12-20-25/h1-21,34H/b26-21+/t31-/m0/s1. The number of carbonyl (C=O) groups excluding carboxylic acids is 2. The molecule has 0 radical (unpaired) electrons. The molecular weight excluding hydrogens is 436 g/mol. The van der Waals surface area contributed by atoms with Crippen molar-refractivity contribution in [3.63, 3.8) is 0 Å². The van der Waals surface area contributed by atoms with Gasteiger partial charge < -0.3 is 9.84 Å². The summed E-state index contributed by atoms with van der Waals surface area (Å²) in [5, 5.41) is 12.0. The maximum atomic E-state index is 13.9. The average molecular weight is 459 g/mol. The Kier molecular flexibility index (Phi) is 5.96. The lowest BCUT2D eigenvalue weighted by atomic mass is 9.87. The zero-order valence-electron chi connectivity index (χ0n) is 18.8. The van der Waals surface area contributed by atoms with Gasteiger partial charge in [-0.2, -0.15) is 0 Å². The number of hydrogen-bond acceptors (Lipinski definition) is 4. The van der Waals surface area contributed by atoms with Crippen molar-refractivity contribution < 1.29 is 19.4 Å². The van der Waals surface area contributed by atoms with Crippen LogP contribution in [0.25, 0.3) is 5.76 Å². The van der Waals surface area contributed by atoms with Crippen LogP contribution in [0.3, 0.4) is 0 Å². The minimum Gasteiger partial charge on any atom is -0.452 e. The Morgan fingerprint density at radius 1 is 0.657 bits per heavy atom. The highest BCUT2D eigenvalue weighted by Gasteiger charge is 2.48. The van der Waals surface area contributed by atoms with Crippen LogP contribution < -0.4 is 0 Å². The predicted octanol–water partition coefficient (Wildman–Crippen LogP) is 5.97. The molecule has 4 heteroatoms. The Hall–Kier alpha value is -4.54. The van der Waals surface area contributed by atoms with Crippen LogP contribution in [0.2, 0.25) is 0 Å². The SMILES string of the molecule is O=C(/C=C1\C(C(=O)c2ccccc2)=C(c2ccccc2)O[C@@]1(O)c1ccccc1)c1ccccc1. The highest BCUT2D eigenvalue weighted by molar-refractivity contribution is 6.18. The van der Waals surface area contributed by atoms with Gasteiger partial charge in [-0.1, -0.05) is 121 Å². The van der Waals surface area contributed by atoms with Crippen LogP contribution in [0, 0.1) is 0 Å². The molecule has 1 heterocycles. The summed E-state index contributed by atoms with van der Waals surface area (Å²) in [7, 11) is 0. The van der Waals surface area contributed by atoms with Crippen molar-refractivity contribution in [2.24, 2.45) is 0 Å². The summed E-state index contributed by atoms with van der Waals surface area (Å²) in [6.07, 6.45) is 1.31. The fourth-order valence-corrected chi connectivity index (χ4v) is 4.16. The number of ketones is 2. The summed E-state index contributed by atoms with van der Waals surface area (Å²) in [4.78, 5) is 27.2. The van der Waals surface area contributed by atoms with Gasteiger partial charge in [0, 0.05) is 27.8 Å². The summed E-state index contributed by atoms with van der Waals surface area (Å²) < 4.78 is 6.22. The molecule has 5 rings (SSSR count). The Balaban J connectivity index is 1.76. The third kappa shape index (κ3) is 4.23. The van der Waals surface area contributed by atoms with Crippen molar-refractivity contribution in [3.05, 3.63) is 161 Å². The number of hydrogen-bond donors (Lipinski definition) is 1. The topological polar surface area (TPSA) is 63.6 Å². The second-order valence-electron chi connectivity index (χ2n) is 8.17. The van der Waals surface area contributed by atoms with E-state index in [2.05, 4.69) is 0 Å². The zero-order chi connectivity index (χ0) is 24.3. The van der Waals surface area contributed by atoms with Crippen molar-refractivity contribution in [2.75, 3.05) is 0 Å². The molecule has 4 nitrogen and oxygen atoms in total. The van der Waals surface area contributed by atoms with Gasteiger partial charge in [0.2, 0.25) is 0 Å². The monoisotopic (exact) mass is 458 g/mol. The van der Waals surface area contributed by atoms with E-state index < -0.39 is 5.79 Å². The largest absolute Gasteiger partial charge is 0.452 e. The van der Waals surface area contributed by atoms with Gasteiger partial charge in [0.25, 0.3) is 5.79 Å². The molecule has 0 aliphatic carbocycles. The Labute approximate surface area is 203 Å². The lowest BCUT2D eigenvalue weighted by Gasteiger charge is -2.26. The predicted molar refractivity (Wildman–Crippen MR) is 134 cm³/mol. The van der Waals surface area contributed by atoms with E-state index in [4.69, 9.17) is 4.74 Å². The van der Waals surface area contributed by atoms with E-state index in [9.17, 15) is 14.7 Å². The third-order valence-electron chi connectivity index (χ3n) is 5.91. The van der Waals surface area contributed by atoms with Crippen LogP contribution >= 0.6 is 0 Å². The van der Waals surface area contributed by atoms with Crippen molar-refractivity contribution in [2.45, 2.75) is 5.79 Å². The van der Waals surface area contributed by atoms with E-state index in [-0.39, 0.29) is 28.5 Å². The lowest BCUT2D eigenvalue weighted by Crippen LogP contribution is -2.29. The Morgan fingerprint density at radius 2 is 1.14 bits per heavy atom. The molecule has 0 fully saturated rings. The minimum atomic E-state index is -2.03. The first-order valence-corrected chi connectivity index (χ1v) is 11.3. The lowest BCUT2D eigenvalue weighted by molar-refractivity contribution is -0.120. The van der Waals surface area contributed by atoms with Gasteiger partial charge in [-0.3, -0.25) is 9.59 Å². The highest BCUT2D eigenvalue weighted by Crippen LogP contribution is 2.48. The molecule has 4 aromatic carbocycles. The minimum absolute atomic E-state index is 0.102. The van der Waals surface area contributed by atoms with Gasteiger partial charge >= 0.3 is 0 Å². The number of aliphatic hydroxyl groups is 1. The van der Waals surface area contributed by atoms with E-state index in [0.29, 0.717) is 22.3 Å². The maximum Gasteiger partial charge on any atom is 0.262 e. The highest BCUT2D eigenvalue weighted by atomic mass is 16.6. The molecule has 170 valence electrons. The molecule has 0 bridgehead atoms. The van der Waals surface area contributed by atoms with Gasteiger partial charge in [0.15, 0.2) is 11.6 Å².